The molecule has 1 atom stereocenters. The zero-order chi connectivity index (χ0) is 17.7. The van der Waals surface area contributed by atoms with Crippen LogP contribution < -0.4 is 15.0 Å². The van der Waals surface area contributed by atoms with Crippen molar-refractivity contribution in [2.24, 2.45) is 0 Å². The van der Waals surface area contributed by atoms with E-state index in [-0.39, 0.29) is 31.3 Å². The van der Waals surface area contributed by atoms with Crippen molar-refractivity contribution in [3.8, 4) is 5.75 Å². The van der Waals surface area contributed by atoms with E-state index in [4.69, 9.17) is 9.84 Å². The Bertz CT molecular complexity index is 644. The highest BCUT2D eigenvalue weighted by molar-refractivity contribution is 6.03. The van der Waals surface area contributed by atoms with E-state index >= 15 is 0 Å². The van der Waals surface area contributed by atoms with Crippen LogP contribution in [0.1, 0.15) is 31.7 Å². The van der Waals surface area contributed by atoms with Crippen molar-refractivity contribution in [1.82, 2.24) is 5.32 Å². The molecule has 7 nitrogen and oxygen atoms in total. The molecule has 1 aliphatic rings. The predicted molar refractivity (Wildman–Crippen MR) is 88.1 cm³/mol. The first-order valence-corrected chi connectivity index (χ1v) is 7.99. The fraction of sp³-hybridized carbons (Fsp3) is 0.471. The molecule has 0 radical (unpaired) electrons. The molecule has 130 valence electrons. The van der Waals surface area contributed by atoms with E-state index in [1.165, 1.54) is 4.90 Å². The summed E-state index contributed by atoms with van der Waals surface area (Å²) < 4.78 is 5.70. The molecule has 2 rings (SSSR count). The minimum atomic E-state index is -0.900. The summed E-state index contributed by atoms with van der Waals surface area (Å²) in [6.45, 7) is 3.91. The summed E-state index contributed by atoms with van der Waals surface area (Å²) in [5.74, 6) is -0.872. The van der Waals surface area contributed by atoms with E-state index in [0.717, 1.165) is 5.56 Å². The Hall–Kier alpha value is -2.57. The third-order valence-corrected chi connectivity index (χ3v) is 3.78. The van der Waals surface area contributed by atoms with Crippen LogP contribution in [0.4, 0.5) is 5.69 Å². The quantitative estimate of drug-likeness (QED) is 0.736. The van der Waals surface area contributed by atoms with Gasteiger partial charge in [0, 0.05) is 13.0 Å². The van der Waals surface area contributed by atoms with Crippen molar-refractivity contribution >= 4 is 23.5 Å². The third-order valence-electron chi connectivity index (χ3n) is 3.78. The highest BCUT2D eigenvalue weighted by Crippen LogP contribution is 2.35. The van der Waals surface area contributed by atoms with Crippen molar-refractivity contribution in [3.05, 3.63) is 23.8 Å². The van der Waals surface area contributed by atoms with Gasteiger partial charge in [-0.1, -0.05) is 13.0 Å². The molecule has 2 N–H and O–H groups in total. The van der Waals surface area contributed by atoms with Crippen molar-refractivity contribution in [3.63, 3.8) is 0 Å². The number of hydrogen-bond donors (Lipinski definition) is 2. The third kappa shape index (κ3) is 4.24. The zero-order valence-electron chi connectivity index (χ0n) is 13.9. The van der Waals surface area contributed by atoms with Gasteiger partial charge in [-0.3, -0.25) is 19.3 Å². The lowest BCUT2D eigenvalue weighted by atomic mass is 10.1. The predicted octanol–water partition coefficient (Wildman–Crippen LogP) is 1.48. The number of carbonyl (C=O) groups excluding carboxylic acids is 2. The van der Waals surface area contributed by atoms with Gasteiger partial charge in [0.05, 0.1) is 5.69 Å². The van der Waals surface area contributed by atoms with E-state index < -0.39 is 12.1 Å². The van der Waals surface area contributed by atoms with Crippen LogP contribution in [0.3, 0.4) is 0 Å². The Morgan fingerprint density at radius 2 is 2.12 bits per heavy atom. The molecule has 0 saturated carbocycles. The van der Waals surface area contributed by atoms with Crippen molar-refractivity contribution in [2.75, 3.05) is 18.0 Å². The standard InChI is InChI=1S/C17H22N2O5/c1-3-13-17(23)19(10-15(20)18-8-4-5-16(21)22)12-9-11(2)6-7-14(12)24-13/h6-7,9,13H,3-5,8,10H2,1-2H3,(H,18,20)(H,21,22). The lowest BCUT2D eigenvalue weighted by molar-refractivity contribution is -0.137. The normalized spacial score (nSPS) is 16.3. The summed E-state index contributed by atoms with van der Waals surface area (Å²) in [6, 6.07) is 5.51. The molecule has 1 aromatic carbocycles. The van der Waals surface area contributed by atoms with Gasteiger partial charge in [-0.05, 0) is 37.5 Å². The molecule has 0 aliphatic carbocycles. The van der Waals surface area contributed by atoms with Crippen LogP contribution >= 0.6 is 0 Å². The summed E-state index contributed by atoms with van der Waals surface area (Å²) in [6.07, 6.45) is 0.269. The van der Waals surface area contributed by atoms with E-state index in [0.29, 0.717) is 24.3 Å². The number of nitrogens with one attached hydrogen (secondary N) is 1. The first kappa shape index (κ1) is 17.8. The van der Waals surface area contributed by atoms with Gasteiger partial charge in [0.1, 0.15) is 12.3 Å². The van der Waals surface area contributed by atoms with Crippen molar-refractivity contribution < 1.29 is 24.2 Å². The highest BCUT2D eigenvalue weighted by atomic mass is 16.5. The van der Waals surface area contributed by atoms with Crippen LogP contribution in [0, 0.1) is 6.92 Å². The molecule has 1 heterocycles. The summed E-state index contributed by atoms with van der Waals surface area (Å²) in [5, 5.41) is 11.2. The number of aliphatic carboxylic acids is 1. The van der Waals surface area contributed by atoms with Gasteiger partial charge >= 0.3 is 5.97 Å². The number of hydrogen-bond acceptors (Lipinski definition) is 4. The van der Waals surface area contributed by atoms with Gasteiger partial charge in [-0.15, -0.1) is 0 Å². The minimum absolute atomic E-state index is 0.00327. The van der Waals surface area contributed by atoms with E-state index in [2.05, 4.69) is 5.32 Å². The van der Waals surface area contributed by atoms with Gasteiger partial charge in [0.25, 0.3) is 5.91 Å². The number of ether oxygens (including phenoxy) is 1. The number of amides is 2. The Balaban J connectivity index is 2.07. The van der Waals surface area contributed by atoms with E-state index in [9.17, 15) is 14.4 Å². The van der Waals surface area contributed by atoms with E-state index in [1.54, 1.807) is 6.07 Å². The number of carbonyl (C=O) groups is 3. The second kappa shape index (κ2) is 7.81. The van der Waals surface area contributed by atoms with E-state index in [1.807, 2.05) is 26.0 Å². The Morgan fingerprint density at radius 3 is 2.79 bits per heavy atom. The molecule has 0 saturated heterocycles. The van der Waals surface area contributed by atoms with Gasteiger partial charge in [-0.25, -0.2) is 0 Å². The number of carboxylic acid groups (broad SMARTS) is 1. The fourth-order valence-electron chi connectivity index (χ4n) is 2.52. The first-order chi connectivity index (χ1) is 11.4. The molecule has 1 unspecified atom stereocenters. The Kier molecular flexibility index (Phi) is 5.78. The van der Waals surface area contributed by atoms with Crippen LogP contribution in [0.5, 0.6) is 5.75 Å². The highest BCUT2D eigenvalue weighted by Gasteiger charge is 2.34. The SMILES string of the molecule is CCC1Oc2ccc(C)cc2N(CC(=O)NCCCC(=O)O)C1=O. The average Bonchev–Trinajstić information content (AvgIpc) is 2.54. The molecule has 1 aromatic rings. The van der Waals surface area contributed by atoms with Crippen molar-refractivity contribution in [2.45, 2.75) is 39.2 Å². The number of benzene rings is 1. The second-order valence-corrected chi connectivity index (χ2v) is 5.76. The second-order valence-electron chi connectivity index (χ2n) is 5.76. The molecule has 0 spiro atoms. The van der Waals surface area contributed by atoms with Crippen LogP contribution in [0.15, 0.2) is 18.2 Å². The van der Waals surface area contributed by atoms with Crippen molar-refractivity contribution in [1.29, 1.82) is 0 Å². The Morgan fingerprint density at radius 1 is 1.38 bits per heavy atom. The number of anilines is 1. The molecule has 24 heavy (non-hydrogen) atoms. The maximum absolute atomic E-state index is 12.5. The molecule has 0 aromatic heterocycles. The molecule has 2 amide bonds. The number of rotatable bonds is 7. The smallest absolute Gasteiger partial charge is 0.303 e. The maximum atomic E-state index is 12.5. The first-order valence-electron chi connectivity index (χ1n) is 7.99. The molecular weight excluding hydrogens is 312 g/mol. The summed E-state index contributed by atoms with van der Waals surface area (Å²) in [5.41, 5.74) is 1.55. The lowest BCUT2D eigenvalue weighted by Gasteiger charge is -2.33. The minimum Gasteiger partial charge on any atom is -0.481 e. The largest absolute Gasteiger partial charge is 0.481 e. The molecular formula is C17H22N2O5. The summed E-state index contributed by atoms with van der Waals surface area (Å²) in [4.78, 5) is 36.5. The maximum Gasteiger partial charge on any atom is 0.303 e. The molecule has 1 aliphatic heterocycles. The number of nitrogens with zero attached hydrogens (tertiary/aromatic N) is 1. The Labute approximate surface area is 140 Å². The lowest BCUT2D eigenvalue weighted by Crippen LogP contribution is -2.49. The van der Waals surface area contributed by atoms with Gasteiger partial charge in [0.2, 0.25) is 5.91 Å². The zero-order valence-corrected chi connectivity index (χ0v) is 13.9. The average molecular weight is 334 g/mol. The topological polar surface area (TPSA) is 95.9 Å². The van der Waals surface area contributed by atoms with Crippen LogP contribution in [0.2, 0.25) is 0 Å². The van der Waals surface area contributed by atoms with Crippen LogP contribution in [-0.2, 0) is 14.4 Å². The number of carboxylic acids is 1. The van der Waals surface area contributed by atoms with Gasteiger partial charge in [0.15, 0.2) is 6.10 Å². The number of aryl methyl sites for hydroxylation is 1. The van der Waals surface area contributed by atoms with Gasteiger partial charge < -0.3 is 15.2 Å². The number of fused-ring (bicyclic) bond motifs is 1. The fourth-order valence-corrected chi connectivity index (χ4v) is 2.52. The van der Waals surface area contributed by atoms with Crippen LogP contribution in [0.25, 0.3) is 0 Å². The molecule has 7 heteroatoms. The monoisotopic (exact) mass is 334 g/mol. The molecule has 0 fully saturated rings. The molecule has 0 bridgehead atoms. The summed E-state index contributed by atoms with van der Waals surface area (Å²) >= 11 is 0. The van der Waals surface area contributed by atoms with Crippen LogP contribution in [-0.4, -0.2) is 42.1 Å². The summed E-state index contributed by atoms with van der Waals surface area (Å²) in [7, 11) is 0. The van der Waals surface area contributed by atoms with Gasteiger partial charge in [-0.2, -0.15) is 0 Å².